The molecule has 2 heterocycles. The zero-order valence-corrected chi connectivity index (χ0v) is 6.92. The summed E-state index contributed by atoms with van der Waals surface area (Å²) in [6, 6.07) is 9.27. The Hall–Kier alpha value is -1.46. The summed E-state index contributed by atoms with van der Waals surface area (Å²) in [6.45, 7) is 0. The number of rotatable bonds is 0. The van der Waals surface area contributed by atoms with Gasteiger partial charge in [-0.05, 0) is 24.3 Å². The van der Waals surface area contributed by atoms with Crippen molar-refractivity contribution in [3.8, 4) is 6.07 Å². The number of aromatic nitrogens is 1. The molecule has 0 atom stereocenters. The van der Waals surface area contributed by atoms with Crippen molar-refractivity contribution in [2.45, 2.75) is 0 Å². The van der Waals surface area contributed by atoms with Crippen LogP contribution < -0.4 is 0 Å². The van der Waals surface area contributed by atoms with Gasteiger partial charge in [0.2, 0.25) is 0 Å². The van der Waals surface area contributed by atoms with Crippen molar-refractivity contribution in [1.29, 1.82) is 5.26 Å². The molecule has 2 nitrogen and oxygen atoms in total. The molecule has 12 heavy (non-hydrogen) atoms. The molecule has 0 aliphatic heterocycles. The summed E-state index contributed by atoms with van der Waals surface area (Å²) in [5, 5.41) is 9.36. The number of hydrogen-bond acceptors (Lipinski definition) is 1. The van der Waals surface area contributed by atoms with Crippen LogP contribution >= 0.6 is 11.6 Å². The first-order valence-electron chi connectivity index (χ1n) is 3.48. The molecule has 0 amide bonds. The van der Waals surface area contributed by atoms with Crippen molar-refractivity contribution in [2.24, 2.45) is 0 Å². The van der Waals surface area contributed by atoms with Crippen LogP contribution in [-0.4, -0.2) is 4.40 Å². The summed E-state index contributed by atoms with van der Waals surface area (Å²) >= 11 is 5.88. The van der Waals surface area contributed by atoms with E-state index in [4.69, 9.17) is 16.9 Å². The monoisotopic (exact) mass is 176 g/mol. The molecule has 0 saturated carbocycles. The Kier molecular flexibility index (Phi) is 1.53. The smallest absolute Gasteiger partial charge is 0.113 e. The van der Waals surface area contributed by atoms with E-state index in [0.717, 1.165) is 5.52 Å². The Balaban J connectivity index is 2.94. The number of fused-ring (bicyclic) bond motifs is 1. The van der Waals surface area contributed by atoms with Crippen LogP contribution in [0, 0.1) is 11.3 Å². The molecule has 0 N–H and O–H groups in total. The van der Waals surface area contributed by atoms with Crippen LogP contribution in [0.3, 0.4) is 0 Å². The first kappa shape index (κ1) is 7.20. The Morgan fingerprint density at radius 2 is 2.17 bits per heavy atom. The van der Waals surface area contributed by atoms with E-state index < -0.39 is 0 Å². The number of nitrogens with zero attached hydrogens (tertiary/aromatic N) is 2. The van der Waals surface area contributed by atoms with Crippen LogP contribution in [0.1, 0.15) is 5.56 Å². The molecule has 2 rings (SSSR count). The summed E-state index contributed by atoms with van der Waals surface area (Å²) in [7, 11) is 0. The van der Waals surface area contributed by atoms with Gasteiger partial charge in [-0.2, -0.15) is 5.26 Å². The third-order valence-corrected chi connectivity index (χ3v) is 2.07. The predicted octanol–water partition coefficient (Wildman–Crippen LogP) is 2.46. The van der Waals surface area contributed by atoms with Crippen LogP contribution in [-0.2, 0) is 0 Å². The number of nitriles is 1. The van der Waals surface area contributed by atoms with E-state index >= 15 is 0 Å². The van der Waals surface area contributed by atoms with Gasteiger partial charge in [0.25, 0.3) is 0 Å². The second-order valence-corrected chi connectivity index (χ2v) is 2.83. The van der Waals surface area contributed by atoms with Gasteiger partial charge in [0.05, 0.1) is 11.1 Å². The summed E-state index contributed by atoms with van der Waals surface area (Å²) in [4.78, 5) is 0. The van der Waals surface area contributed by atoms with Gasteiger partial charge in [0.15, 0.2) is 0 Å². The SMILES string of the molecule is N#Cc1ccc(Cl)n2cccc12. The highest BCUT2D eigenvalue weighted by Crippen LogP contribution is 2.17. The molecule has 0 aliphatic rings. The third-order valence-electron chi connectivity index (χ3n) is 1.76. The van der Waals surface area contributed by atoms with Crippen molar-refractivity contribution in [3.05, 3.63) is 41.2 Å². The molecular weight excluding hydrogens is 172 g/mol. The maximum atomic E-state index is 8.74. The average Bonchev–Trinajstić information content (AvgIpc) is 2.54. The van der Waals surface area contributed by atoms with Crippen LogP contribution in [0.5, 0.6) is 0 Å². The number of halogens is 1. The molecular formula is C9H5ClN2. The highest BCUT2D eigenvalue weighted by Gasteiger charge is 2.01. The molecule has 2 aromatic heterocycles. The minimum Gasteiger partial charge on any atom is -0.306 e. The van der Waals surface area contributed by atoms with Gasteiger partial charge < -0.3 is 4.40 Å². The summed E-state index contributed by atoms with van der Waals surface area (Å²) in [6.07, 6.45) is 1.83. The van der Waals surface area contributed by atoms with Crippen molar-refractivity contribution in [1.82, 2.24) is 4.40 Å². The van der Waals surface area contributed by atoms with E-state index in [1.54, 1.807) is 16.5 Å². The quantitative estimate of drug-likeness (QED) is 0.567. The molecule has 0 bridgehead atoms. The van der Waals surface area contributed by atoms with E-state index in [9.17, 15) is 0 Å². The predicted molar refractivity (Wildman–Crippen MR) is 47.1 cm³/mol. The highest BCUT2D eigenvalue weighted by atomic mass is 35.5. The fourth-order valence-electron chi connectivity index (χ4n) is 1.20. The van der Waals surface area contributed by atoms with Crippen LogP contribution in [0.15, 0.2) is 30.5 Å². The summed E-state index contributed by atoms with van der Waals surface area (Å²) in [5.41, 5.74) is 1.49. The van der Waals surface area contributed by atoms with Crippen molar-refractivity contribution < 1.29 is 0 Å². The Morgan fingerprint density at radius 1 is 1.33 bits per heavy atom. The lowest BCUT2D eigenvalue weighted by Gasteiger charge is -1.98. The van der Waals surface area contributed by atoms with E-state index in [2.05, 4.69) is 6.07 Å². The molecule has 0 saturated heterocycles. The number of pyridine rings is 1. The van der Waals surface area contributed by atoms with E-state index in [1.165, 1.54) is 0 Å². The fourth-order valence-corrected chi connectivity index (χ4v) is 1.41. The lowest BCUT2D eigenvalue weighted by molar-refractivity contribution is 1.19. The van der Waals surface area contributed by atoms with Gasteiger partial charge in [0.1, 0.15) is 11.2 Å². The second kappa shape index (κ2) is 2.54. The lowest BCUT2D eigenvalue weighted by atomic mass is 10.2. The molecule has 0 aromatic carbocycles. The van der Waals surface area contributed by atoms with Gasteiger partial charge in [-0.25, -0.2) is 0 Å². The topological polar surface area (TPSA) is 28.2 Å². The van der Waals surface area contributed by atoms with Crippen molar-refractivity contribution in [2.75, 3.05) is 0 Å². The van der Waals surface area contributed by atoms with Gasteiger partial charge >= 0.3 is 0 Å². The van der Waals surface area contributed by atoms with Gasteiger partial charge in [0, 0.05) is 6.20 Å². The largest absolute Gasteiger partial charge is 0.306 e. The first-order chi connectivity index (χ1) is 5.83. The highest BCUT2D eigenvalue weighted by molar-refractivity contribution is 6.29. The molecule has 2 aromatic rings. The Bertz CT molecular complexity index is 465. The number of hydrogen-bond donors (Lipinski definition) is 0. The summed E-state index contributed by atoms with van der Waals surface area (Å²) in [5.74, 6) is 0. The Morgan fingerprint density at radius 3 is 2.92 bits per heavy atom. The molecule has 0 spiro atoms. The van der Waals surface area contributed by atoms with Crippen LogP contribution in [0.25, 0.3) is 5.52 Å². The van der Waals surface area contributed by atoms with Gasteiger partial charge in [-0.3, -0.25) is 0 Å². The van der Waals surface area contributed by atoms with Crippen LogP contribution in [0.2, 0.25) is 5.15 Å². The molecule has 0 radical (unpaired) electrons. The second-order valence-electron chi connectivity index (χ2n) is 2.44. The van der Waals surface area contributed by atoms with E-state index in [1.807, 2.05) is 18.3 Å². The minimum atomic E-state index is 0.619. The maximum Gasteiger partial charge on any atom is 0.113 e. The minimum absolute atomic E-state index is 0.619. The van der Waals surface area contributed by atoms with Gasteiger partial charge in [-0.1, -0.05) is 11.6 Å². The van der Waals surface area contributed by atoms with Crippen molar-refractivity contribution >= 4 is 17.1 Å². The third kappa shape index (κ3) is 0.876. The standard InChI is InChI=1S/C9H5ClN2/c10-9-4-3-7(6-11)8-2-1-5-12(8)9/h1-5H. The summed E-state index contributed by atoms with van der Waals surface area (Å²) < 4.78 is 1.78. The van der Waals surface area contributed by atoms with Crippen LogP contribution in [0.4, 0.5) is 0 Å². The zero-order chi connectivity index (χ0) is 8.55. The molecule has 0 fully saturated rings. The molecule has 0 aliphatic carbocycles. The normalized spacial score (nSPS) is 10.0. The van der Waals surface area contributed by atoms with E-state index in [-0.39, 0.29) is 0 Å². The van der Waals surface area contributed by atoms with Crippen molar-refractivity contribution in [3.63, 3.8) is 0 Å². The zero-order valence-electron chi connectivity index (χ0n) is 6.16. The molecule has 58 valence electrons. The van der Waals surface area contributed by atoms with Gasteiger partial charge in [-0.15, -0.1) is 0 Å². The molecule has 0 unspecified atom stereocenters. The molecule has 3 heteroatoms. The fraction of sp³-hybridized carbons (Fsp3) is 0. The lowest BCUT2D eigenvalue weighted by Crippen LogP contribution is -1.86. The average molecular weight is 177 g/mol. The first-order valence-corrected chi connectivity index (χ1v) is 3.86. The Labute approximate surface area is 74.6 Å². The maximum absolute atomic E-state index is 8.74. The van der Waals surface area contributed by atoms with E-state index in [0.29, 0.717) is 10.7 Å².